The Kier molecular flexibility index (Phi) is 6.51. The number of anilines is 1. The van der Waals surface area contributed by atoms with Crippen molar-refractivity contribution in [1.29, 1.82) is 0 Å². The number of rotatable bonds is 6. The van der Waals surface area contributed by atoms with Crippen molar-refractivity contribution in [1.82, 2.24) is 9.80 Å². The van der Waals surface area contributed by atoms with Crippen LogP contribution in [-0.2, 0) is 0 Å². The Morgan fingerprint density at radius 1 is 1.06 bits per heavy atom. The van der Waals surface area contributed by atoms with Gasteiger partial charge in [-0.1, -0.05) is 48.9 Å². The molecule has 0 bridgehead atoms. The molecule has 1 aliphatic rings. The van der Waals surface area contributed by atoms with Crippen molar-refractivity contribution in [3.05, 3.63) is 87.3 Å². The molecule has 1 amide bonds. The number of halogens is 1. The van der Waals surface area contributed by atoms with Crippen LogP contribution in [0.4, 0.5) is 5.69 Å². The SMILES string of the molecule is CCN1CCN(C(c2ccc(Cl)cc2)c2oc3ccccc3c2NC(=O)c2cccs2)CC1. The summed E-state index contributed by atoms with van der Waals surface area (Å²) in [5.74, 6) is 0.636. The Bertz CT molecular complexity index is 1230. The Morgan fingerprint density at radius 3 is 2.52 bits per heavy atom. The zero-order valence-electron chi connectivity index (χ0n) is 18.5. The van der Waals surface area contributed by atoms with E-state index < -0.39 is 0 Å². The number of benzene rings is 2. The molecule has 33 heavy (non-hydrogen) atoms. The molecule has 5 rings (SSSR count). The Labute approximate surface area is 202 Å². The van der Waals surface area contributed by atoms with E-state index in [1.165, 1.54) is 11.3 Å². The average molecular weight is 480 g/mol. The fourth-order valence-corrected chi connectivity index (χ4v) is 5.22. The maximum absolute atomic E-state index is 13.1. The molecule has 0 radical (unpaired) electrons. The quantitative estimate of drug-likeness (QED) is 0.361. The molecule has 1 saturated heterocycles. The summed E-state index contributed by atoms with van der Waals surface area (Å²) in [4.78, 5) is 18.6. The van der Waals surface area contributed by atoms with Gasteiger partial charge in [0.25, 0.3) is 5.91 Å². The molecule has 0 saturated carbocycles. The van der Waals surface area contributed by atoms with Gasteiger partial charge in [0.1, 0.15) is 11.3 Å². The molecule has 1 N–H and O–H groups in total. The molecule has 1 aliphatic heterocycles. The third-order valence-electron chi connectivity index (χ3n) is 6.26. The summed E-state index contributed by atoms with van der Waals surface area (Å²) in [6.45, 7) is 7.07. The van der Waals surface area contributed by atoms with E-state index in [0.29, 0.717) is 9.90 Å². The lowest BCUT2D eigenvalue weighted by atomic mass is 10.00. The standard InChI is InChI=1S/C26H26ClN3O2S/c1-2-29-13-15-30(16-14-29)24(18-9-11-19(27)12-10-18)25-23(20-6-3-4-7-21(20)32-25)28-26(31)22-8-5-17-33-22/h3-12,17,24H,2,13-16H2,1H3,(H,28,31). The van der Waals surface area contributed by atoms with Crippen molar-refractivity contribution in [2.45, 2.75) is 13.0 Å². The van der Waals surface area contributed by atoms with E-state index in [0.717, 1.165) is 60.7 Å². The van der Waals surface area contributed by atoms with Gasteiger partial charge in [-0.2, -0.15) is 0 Å². The number of furan rings is 1. The summed E-state index contributed by atoms with van der Waals surface area (Å²) < 4.78 is 6.47. The fourth-order valence-electron chi connectivity index (χ4n) is 4.48. The molecule has 1 fully saturated rings. The van der Waals surface area contributed by atoms with Crippen molar-refractivity contribution in [3.8, 4) is 0 Å². The third-order valence-corrected chi connectivity index (χ3v) is 7.38. The van der Waals surface area contributed by atoms with Crippen molar-refractivity contribution in [2.24, 2.45) is 0 Å². The number of para-hydroxylation sites is 1. The summed E-state index contributed by atoms with van der Waals surface area (Å²) in [6.07, 6.45) is 0. The summed E-state index contributed by atoms with van der Waals surface area (Å²) in [5, 5.41) is 6.69. The Hall–Kier alpha value is -2.64. The normalized spacial score (nSPS) is 16.2. The number of thiophene rings is 1. The van der Waals surface area contributed by atoms with Crippen LogP contribution in [0.2, 0.25) is 5.02 Å². The second-order valence-corrected chi connectivity index (χ2v) is 9.58. The minimum absolute atomic E-state index is 0.122. The van der Waals surface area contributed by atoms with E-state index in [1.54, 1.807) is 0 Å². The summed E-state index contributed by atoms with van der Waals surface area (Å²) >= 11 is 7.64. The highest BCUT2D eigenvalue weighted by Crippen LogP contribution is 2.41. The van der Waals surface area contributed by atoms with Crippen LogP contribution in [0.5, 0.6) is 0 Å². The first-order chi connectivity index (χ1) is 16.1. The Morgan fingerprint density at radius 2 is 1.82 bits per heavy atom. The largest absolute Gasteiger partial charge is 0.457 e. The van der Waals surface area contributed by atoms with Crippen LogP contribution in [0.1, 0.15) is 34.0 Å². The number of fused-ring (bicyclic) bond motifs is 1. The zero-order valence-corrected chi connectivity index (χ0v) is 20.0. The molecule has 3 heterocycles. The van der Waals surface area contributed by atoms with Crippen LogP contribution >= 0.6 is 22.9 Å². The number of piperazine rings is 1. The van der Waals surface area contributed by atoms with Gasteiger partial charge < -0.3 is 14.6 Å². The van der Waals surface area contributed by atoms with Crippen LogP contribution in [0.25, 0.3) is 11.0 Å². The van der Waals surface area contributed by atoms with Gasteiger partial charge in [-0.05, 0) is 47.8 Å². The first-order valence-corrected chi connectivity index (χ1v) is 12.5. The van der Waals surface area contributed by atoms with E-state index in [-0.39, 0.29) is 11.9 Å². The highest BCUT2D eigenvalue weighted by molar-refractivity contribution is 7.12. The average Bonchev–Trinajstić information content (AvgIpc) is 3.50. The lowest BCUT2D eigenvalue weighted by Gasteiger charge is -2.38. The lowest BCUT2D eigenvalue weighted by Crippen LogP contribution is -2.47. The molecule has 1 unspecified atom stereocenters. The maximum Gasteiger partial charge on any atom is 0.265 e. The molecule has 4 aromatic rings. The molecule has 0 spiro atoms. The van der Waals surface area contributed by atoms with Crippen molar-refractivity contribution >= 4 is 45.5 Å². The molecule has 5 nitrogen and oxygen atoms in total. The summed E-state index contributed by atoms with van der Waals surface area (Å²) in [7, 11) is 0. The van der Waals surface area contributed by atoms with Crippen molar-refractivity contribution < 1.29 is 9.21 Å². The minimum Gasteiger partial charge on any atom is -0.457 e. The fraction of sp³-hybridized carbons (Fsp3) is 0.269. The van der Waals surface area contributed by atoms with E-state index >= 15 is 0 Å². The van der Waals surface area contributed by atoms with Crippen LogP contribution in [0.3, 0.4) is 0 Å². The Balaban J connectivity index is 1.60. The second kappa shape index (κ2) is 9.69. The lowest BCUT2D eigenvalue weighted by molar-refractivity contribution is 0.102. The van der Waals surface area contributed by atoms with Crippen LogP contribution in [-0.4, -0.2) is 48.4 Å². The molecule has 1 atom stereocenters. The number of carbonyl (C=O) groups excluding carboxylic acids is 1. The smallest absolute Gasteiger partial charge is 0.265 e. The van der Waals surface area contributed by atoms with Crippen LogP contribution < -0.4 is 5.32 Å². The number of hydrogen-bond acceptors (Lipinski definition) is 5. The number of likely N-dealkylation sites (N-methyl/N-ethyl adjacent to an activating group) is 1. The summed E-state index contributed by atoms with van der Waals surface area (Å²) in [5.41, 5.74) is 2.59. The van der Waals surface area contributed by atoms with Crippen LogP contribution in [0.15, 0.2) is 70.5 Å². The molecule has 7 heteroatoms. The molecule has 2 aromatic carbocycles. The van der Waals surface area contributed by atoms with Crippen LogP contribution in [0, 0.1) is 0 Å². The molecular weight excluding hydrogens is 454 g/mol. The first-order valence-electron chi connectivity index (χ1n) is 11.2. The van der Waals surface area contributed by atoms with Gasteiger partial charge in [0.15, 0.2) is 0 Å². The van der Waals surface area contributed by atoms with Gasteiger partial charge in [0, 0.05) is 36.6 Å². The highest BCUT2D eigenvalue weighted by Gasteiger charge is 2.32. The summed E-state index contributed by atoms with van der Waals surface area (Å²) in [6, 6.07) is 19.4. The number of nitrogens with zero attached hydrogens (tertiary/aromatic N) is 2. The first kappa shape index (κ1) is 22.2. The number of carbonyl (C=O) groups is 1. The van der Waals surface area contributed by atoms with Gasteiger partial charge in [-0.15, -0.1) is 11.3 Å². The molecule has 2 aromatic heterocycles. The van der Waals surface area contributed by atoms with E-state index in [4.69, 9.17) is 16.0 Å². The second-order valence-electron chi connectivity index (χ2n) is 8.19. The van der Waals surface area contributed by atoms with Gasteiger partial charge in [-0.3, -0.25) is 9.69 Å². The highest BCUT2D eigenvalue weighted by atomic mass is 35.5. The van der Waals surface area contributed by atoms with E-state index in [1.807, 2.05) is 53.9 Å². The predicted molar refractivity (Wildman–Crippen MR) is 135 cm³/mol. The third kappa shape index (κ3) is 4.57. The molecular formula is C26H26ClN3O2S. The number of nitrogens with one attached hydrogen (secondary N) is 1. The van der Waals surface area contributed by atoms with Crippen molar-refractivity contribution in [3.63, 3.8) is 0 Å². The molecule has 0 aliphatic carbocycles. The van der Waals surface area contributed by atoms with E-state index in [9.17, 15) is 4.79 Å². The van der Waals surface area contributed by atoms with Crippen molar-refractivity contribution in [2.75, 3.05) is 38.0 Å². The monoisotopic (exact) mass is 479 g/mol. The van der Waals surface area contributed by atoms with E-state index in [2.05, 4.69) is 34.2 Å². The van der Waals surface area contributed by atoms with Gasteiger partial charge in [0.2, 0.25) is 0 Å². The van der Waals surface area contributed by atoms with Gasteiger partial charge in [0.05, 0.1) is 16.6 Å². The number of hydrogen-bond donors (Lipinski definition) is 1. The van der Waals surface area contributed by atoms with Gasteiger partial charge in [-0.25, -0.2) is 0 Å². The minimum atomic E-state index is -0.132. The van der Waals surface area contributed by atoms with Gasteiger partial charge >= 0.3 is 0 Å². The topological polar surface area (TPSA) is 48.7 Å². The zero-order chi connectivity index (χ0) is 22.8. The number of amides is 1. The molecule has 170 valence electrons. The predicted octanol–water partition coefficient (Wildman–Crippen LogP) is 6.13. The maximum atomic E-state index is 13.1.